The van der Waals surface area contributed by atoms with E-state index in [2.05, 4.69) is 6.58 Å². The maximum Gasteiger partial charge on any atom is 0.336 e. The fourth-order valence-electron chi connectivity index (χ4n) is 8.25. The Hall–Kier alpha value is -6.41. The lowest BCUT2D eigenvalue weighted by atomic mass is 10.0. The van der Waals surface area contributed by atoms with Crippen LogP contribution in [0.25, 0.3) is 0 Å². The molecule has 30 heteroatoms. The molecular weight excluding hydrogens is 1010 g/mol. The second kappa shape index (κ2) is 22.3. The number of hydrogen-bond acceptors (Lipinski definition) is 19. The lowest BCUT2D eigenvalue weighted by molar-refractivity contribution is -0.132. The Bertz CT molecular complexity index is 3110. The van der Waals surface area contributed by atoms with Crippen LogP contribution in [0.2, 0.25) is 0 Å². The van der Waals surface area contributed by atoms with Gasteiger partial charge in [-0.15, -0.1) is 6.58 Å². The minimum Gasteiger partial charge on any atom is -0.371 e. The minimum absolute atomic E-state index is 0.0378. The van der Waals surface area contributed by atoms with Gasteiger partial charge in [-0.2, -0.15) is 0 Å². The van der Waals surface area contributed by atoms with Crippen LogP contribution < -0.4 is 51.2 Å². The molecule has 0 aromatic carbocycles. The molecule has 3 aromatic heterocycles. The Kier molecular flexibility index (Phi) is 15.9. The quantitative estimate of drug-likeness (QED) is 0.0545. The largest absolute Gasteiger partial charge is 0.371 e. The molecule has 0 N–H and O–H groups in total. The second-order valence-corrected chi connectivity index (χ2v) is 20.2. The molecule has 0 aliphatic carbocycles. The van der Waals surface area contributed by atoms with Crippen molar-refractivity contribution in [3.8, 4) is 0 Å². The van der Waals surface area contributed by atoms with E-state index < -0.39 is 56.7 Å². The van der Waals surface area contributed by atoms with Crippen molar-refractivity contribution in [2.75, 3.05) is 65.9 Å². The van der Waals surface area contributed by atoms with E-state index >= 15 is 0 Å². The van der Waals surface area contributed by atoms with Gasteiger partial charge < -0.3 is 42.8 Å². The number of rotatable bonds is 21. The van der Waals surface area contributed by atoms with Gasteiger partial charge in [0, 0.05) is 13.6 Å². The first kappa shape index (κ1) is 54.4. The topological polar surface area (TPSA) is 339 Å². The van der Waals surface area contributed by atoms with E-state index in [-0.39, 0.29) is 107 Å². The van der Waals surface area contributed by atoms with E-state index in [0.717, 1.165) is 47.5 Å². The Morgan fingerprint density at radius 2 is 0.711 bits per heavy atom. The van der Waals surface area contributed by atoms with Crippen LogP contribution in [-0.4, -0.2) is 183 Å². The smallest absolute Gasteiger partial charge is 0.336 e. The van der Waals surface area contributed by atoms with Gasteiger partial charge in [-0.3, -0.25) is 9.69 Å². The van der Waals surface area contributed by atoms with Gasteiger partial charge in [-0.05, 0) is 20.3 Å². The molecule has 12 heterocycles. The molecule has 8 unspecified atom stereocenters. The van der Waals surface area contributed by atoms with Crippen LogP contribution in [0.4, 0.5) is 4.79 Å². The van der Waals surface area contributed by atoms with Crippen LogP contribution >= 0.6 is 0 Å². The minimum atomic E-state index is -0.766. The van der Waals surface area contributed by atoms with Crippen molar-refractivity contribution in [1.82, 2.24) is 50.9 Å². The SMILES string of the molecule is C=CCn1c(=O)n(CC2CO2)c(=O)n(CC2CO2)c1=O.CC1(C)C(=O)N(CC2CO2)C(=O)N1CC1CO1.CCCCn1c(=O)n(CC2CO2)c(=O)n(CC2CO2)c1=O.Cn1c(=O)n(CC2CO2)c(=O)n(CC2CO2)c1=O. The molecule has 8 atom stereocenters. The van der Waals surface area contributed by atoms with Crippen LogP contribution in [0.1, 0.15) is 33.6 Å². The summed E-state index contributed by atoms with van der Waals surface area (Å²) in [5, 5.41) is 0. The van der Waals surface area contributed by atoms with Gasteiger partial charge in [0.2, 0.25) is 0 Å². The van der Waals surface area contributed by atoms with Gasteiger partial charge in [0.05, 0.1) is 161 Å². The molecule has 3 aromatic rings. The summed E-state index contributed by atoms with van der Waals surface area (Å²) in [6.45, 7) is 16.0. The van der Waals surface area contributed by atoms with Gasteiger partial charge in [-0.25, -0.2) is 89.0 Å². The van der Waals surface area contributed by atoms with Gasteiger partial charge in [0.25, 0.3) is 5.91 Å². The van der Waals surface area contributed by atoms with Crippen LogP contribution in [0.5, 0.6) is 0 Å². The maximum atomic E-state index is 12.4. The zero-order chi connectivity index (χ0) is 54.3. The highest BCUT2D eigenvalue weighted by Crippen LogP contribution is 2.31. The first-order valence-corrected chi connectivity index (χ1v) is 25.3. The lowest BCUT2D eigenvalue weighted by Crippen LogP contribution is -2.55. The molecule has 3 amide bonds. The normalized spacial score (nSPS) is 26.3. The number of ether oxygens (including phenoxy) is 8. The number of carbonyl (C=O) groups is 2. The molecule has 9 saturated heterocycles. The Morgan fingerprint density at radius 3 is 1.01 bits per heavy atom. The van der Waals surface area contributed by atoms with E-state index in [1.165, 1.54) is 18.0 Å². The third-order valence-electron chi connectivity index (χ3n) is 13.5. The maximum absolute atomic E-state index is 12.4. The predicted octanol–water partition coefficient (Wildman–Crippen LogP) is -5.74. The molecule has 30 nitrogen and oxygen atoms in total. The molecule has 9 aliphatic heterocycles. The molecular formula is C46H63N11O19. The fraction of sp³-hybridized carbons (Fsp3) is 0.717. The van der Waals surface area contributed by atoms with E-state index in [9.17, 15) is 52.7 Å². The fourth-order valence-corrected chi connectivity index (χ4v) is 8.25. The molecule has 0 radical (unpaired) electrons. The third kappa shape index (κ3) is 12.9. The summed E-state index contributed by atoms with van der Waals surface area (Å²) in [7, 11) is 1.36. The Morgan fingerprint density at radius 1 is 0.434 bits per heavy atom. The molecule has 0 saturated carbocycles. The average Bonchev–Trinajstić information content (AvgIpc) is 4.21. The number of epoxide rings is 8. The summed E-state index contributed by atoms with van der Waals surface area (Å²) in [4.78, 5) is 137. The Labute approximate surface area is 429 Å². The van der Waals surface area contributed by atoms with Gasteiger partial charge in [-0.1, -0.05) is 19.4 Å². The molecule has 416 valence electrons. The number of unbranched alkanes of at least 4 members (excludes halogenated alkanes) is 1. The summed E-state index contributed by atoms with van der Waals surface area (Å²) < 4.78 is 50.0. The Balaban J connectivity index is 0.000000124. The highest BCUT2D eigenvalue weighted by Gasteiger charge is 2.53. The zero-order valence-corrected chi connectivity index (χ0v) is 42.7. The lowest BCUT2D eigenvalue weighted by Gasteiger charge is -2.26. The molecule has 0 spiro atoms. The molecule has 9 fully saturated rings. The van der Waals surface area contributed by atoms with Crippen molar-refractivity contribution in [2.45, 2.75) is 140 Å². The van der Waals surface area contributed by atoms with Crippen molar-refractivity contribution in [3.63, 3.8) is 0 Å². The van der Waals surface area contributed by atoms with Crippen molar-refractivity contribution >= 4 is 11.9 Å². The first-order valence-electron chi connectivity index (χ1n) is 25.3. The average molecular weight is 1070 g/mol. The number of aromatic nitrogens is 9. The zero-order valence-electron chi connectivity index (χ0n) is 42.7. The molecule has 9 aliphatic rings. The summed E-state index contributed by atoms with van der Waals surface area (Å²) in [5.41, 5.74) is -6.06. The van der Waals surface area contributed by atoms with Crippen LogP contribution in [0, 0.1) is 0 Å². The van der Waals surface area contributed by atoms with Crippen molar-refractivity contribution in [1.29, 1.82) is 0 Å². The van der Waals surface area contributed by atoms with Crippen molar-refractivity contribution in [2.24, 2.45) is 7.05 Å². The number of hydrogen-bond donors (Lipinski definition) is 0. The number of nitrogens with zero attached hydrogens (tertiary/aromatic N) is 11. The third-order valence-corrected chi connectivity index (χ3v) is 13.5. The van der Waals surface area contributed by atoms with E-state index in [4.69, 9.17) is 37.9 Å². The molecule has 76 heavy (non-hydrogen) atoms. The summed E-state index contributed by atoms with van der Waals surface area (Å²) >= 11 is 0. The van der Waals surface area contributed by atoms with Crippen LogP contribution in [-0.2, 0) is 102 Å². The van der Waals surface area contributed by atoms with Crippen LogP contribution in [0.3, 0.4) is 0 Å². The van der Waals surface area contributed by atoms with E-state index in [0.29, 0.717) is 78.9 Å². The molecule has 12 rings (SSSR count). The number of urea groups is 1. The number of allylic oxidation sites excluding steroid dienone is 1. The highest BCUT2D eigenvalue weighted by atomic mass is 16.6. The summed E-state index contributed by atoms with van der Waals surface area (Å²) in [6.07, 6.45) is 2.52. The van der Waals surface area contributed by atoms with Gasteiger partial charge in [0.1, 0.15) is 5.54 Å². The summed E-state index contributed by atoms with van der Waals surface area (Å²) in [6, 6.07) is -0.217. The number of amides is 3. The number of imide groups is 1. The van der Waals surface area contributed by atoms with Crippen molar-refractivity contribution < 1.29 is 47.5 Å². The van der Waals surface area contributed by atoms with Crippen LogP contribution in [0.15, 0.2) is 55.8 Å². The van der Waals surface area contributed by atoms with Gasteiger partial charge in [0.15, 0.2) is 0 Å². The number of carbonyl (C=O) groups excluding carboxylic acids is 2. The van der Waals surface area contributed by atoms with E-state index in [1.807, 2.05) is 6.92 Å². The second-order valence-electron chi connectivity index (χ2n) is 20.2. The standard InChI is InChI=1S/C13H19N3O5.C12H15N3O5.C11H16N2O4.C10H13N3O5/c1-2-3-4-14-11(17)15(5-9-7-20-9)13(19)16(12(14)18)6-10-8-21-10;1-2-3-13-10(16)14(4-8-6-19-8)12(18)15(11(13)17)5-9-7-20-9;1-11(2)9(14)12(3-7-5-16-7)10(15)13(11)4-8-6-17-8;1-11-8(14)12(2-6-4-17-6)10(16)13(9(11)15)3-7-5-18-7/h9-10H,2-8H2,1H3;2,8-9H,1,3-7H2;7-8H,3-6H2,1-2H3;6-7H,2-5H2,1H3. The monoisotopic (exact) mass is 1070 g/mol. The molecule has 0 bridgehead atoms. The first-order chi connectivity index (χ1) is 36.3. The predicted molar refractivity (Wildman–Crippen MR) is 260 cm³/mol. The van der Waals surface area contributed by atoms with Gasteiger partial charge >= 0.3 is 57.2 Å². The summed E-state index contributed by atoms with van der Waals surface area (Å²) in [5.74, 6) is -0.140. The highest BCUT2D eigenvalue weighted by molar-refractivity contribution is 6.06. The van der Waals surface area contributed by atoms with Crippen molar-refractivity contribution in [3.05, 3.63) is 107 Å². The van der Waals surface area contributed by atoms with E-state index in [1.54, 1.807) is 18.7 Å².